The lowest BCUT2D eigenvalue weighted by molar-refractivity contribution is 0.142. The monoisotopic (exact) mass is 472 g/mol. The van der Waals surface area contributed by atoms with Gasteiger partial charge in [-0.25, -0.2) is 12.7 Å². The van der Waals surface area contributed by atoms with Crippen molar-refractivity contribution in [2.24, 2.45) is 10.4 Å². The standard InChI is InChI=1S/C16H32N4O2S.HI/c1-4-7-16(2)8-5-10-19(14-16)15(17-3)18-9-12-20-11-6-13-23(20,21)22;/h4-14H2,1-3H3,(H,17,18);1H. The summed E-state index contributed by atoms with van der Waals surface area (Å²) in [4.78, 5) is 6.73. The summed E-state index contributed by atoms with van der Waals surface area (Å²) in [6.45, 7) is 8.47. The molecule has 0 saturated carbocycles. The number of rotatable bonds is 5. The Bertz CT molecular complexity index is 522. The molecular weight excluding hydrogens is 439 g/mol. The zero-order valence-electron chi connectivity index (χ0n) is 15.3. The van der Waals surface area contributed by atoms with Crippen LogP contribution in [0.2, 0.25) is 0 Å². The Labute approximate surface area is 164 Å². The third-order valence-corrected chi connectivity index (χ3v) is 6.95. The van der Waals surface area contributed by atoms with Crippen LogP contribution in [-0.4, -0.2) is 69.1 Å². The van der Waals surface area contributed by atoms with Crippen molar-refractivity contribution in [2.45, 2.75) is 46.0 Å². The van der Waals surface area contributed by atoms with Crippen LogP contribution in [0.15, 0.2) is 4.99 Å². The van der Waals surface area contributed by atoms with Gasteiger partial charge >= 0.3 is 0 Å². The van der Waals surface area contributed by atoms with Gasteiger partial charge < -0.3 is 10.2 Å². The van der Waals surface area contributed by atoms with Crippen molar-refractivity contribution < 1.29 is 8.42 Å². The molecule has 1 unspecified atom stereocenters. The fourth-order valence-electron chi connectivity index (χ4n) is 3.87. The normalized spacial score (nSPS) is 27.8. The molecule has 2 rings (SSSR count). The van der Waals surface area contributed by atoms with Crippen LogP contribution in [0.4, 0.5) is 0 Å². The van der Waals surface area contributed by atoms with E-state index in [1.165, 1.54) is 25.7 Å². The molecule has 0 radical (unpaired) electrons. The summed E-state index contributed by atoms with van der Waals surface area (Å²) in [6.07, 6.45) is 5.67. The quantitative estimate of drug-likeness (QED) is 0.378. The molecule has 2 saturated heterocycles. The van der Waals surface area contributed by atoms with Gasteiger partial charge in [0.15, 0.2) is 5.96 Å². The summed E-state index contributed by atoms with van der Waals surface area (Å²) in [6, 6.07) is 0. The van der Waals surface area contributed by atoms with Crippen molar-refractivity contribution in [2.75, 3.05) is 45.5 Å². The molecule has 2 heterocycles. The van der Waals surface area contributed by atoms with Gasteiger partial charge in [0.05, 0.1) is 5.75 Å². The summed E-state index contributed by atoms with van der Waals surface area (Å²) in [7, 11) is -1.20. The van der Waals surface area contributed by atoms with Crippen LogP contribution in [0, 0.1) is 5.41 Å². The molecule has 0 bridgehead atoms. The second kappa shape index (κ2) is 9.56. The van der Waals surface area contributed by atoms with Crippen LogP contribution >= 0.6 is 24.0 Å². The number of sulfonamides is 1. The lowest BCUT2D eigenvalue weighted by atomic mass is 9.78. The van der Waals surface area contributed by atoms with Crippen molar-refractivity contribution in [3.8, 4) is 0 Å². The van der Waals surface area contributed by atoms with Gasteiger partial charge in [0.2, 0.25) is 10.0 Å². The first-order chi connectivity index (χ1) is 10.9. The number of halogens is 1. The lowest BCUT2D eigenvalue weighted by Gasteiger charge is -2.42. The van der Waals surface area contributed by atoms with Crippen LogP contribution in [0.5, 0.6) is 0 Å². The number of guanidine groups is 1. The third kappa shape index (κ3) is 5.72. The summed E-state index contributed by atoms with van der Waals surface area (Å²) in [5, 5.41) is 3.35. The highest BCUT2D eigenvalue weighted by Crippen LogP contribution is 2.33. The maximum absolute atomic E-state index is 11.8. The summed E-state index contributed by atoms with van der Waals surface area (Å²) in [5.41, 5.74) is 0.364. The highest BCUT2D eigenvalue weighted by Gasteiger charge is 2.32. The number of aliphatic imine (C=N–C) groups is 1. The Balaban J connectivity index is 0.00000288. The molecule has 0 spiro atoms. The van der Waals surface area contributed by atoms with E-state index in [-0.39, 0.29) is 24.0 Å². The fraction of sp³-hybridized carbons (Fsp3) is 0.938. The molecule has 0 aromatic carbocycles. The molecule has 2 aliphatic heterocycles. The zero-order chi connectivity index (χ0) is 16.9. The average Bonchev–Trinajstić information content (AvgIpc) is 2.82. The lowest BCUT2D eigenvalue weighted by Crippen LogP contribution is -2.51. The van der Waals surface area contributed by atoms with Gasteiger partial charge in [0.25, 0.3) is 0 Å². The van der Waals surface area contributed by atoms with Gasteiger partial charge in [-0.05, 0) is 31.1 Å². The van der Waals surface area contributed by atoms with E-state index in [0.717, 1.165) is 25.5 Å². The Morgan fingerprint density at radius 2 is 2.04 bits per heavy atom. The Kier molecular flexibility index (Phi) is 8.75. The topological polar surface area (TPSA) is 65.0 Å². The van der Waals surface area contributed by atoms with E-state index in [4.69, 9.17) is 0 Å². The fourth-order valence-corrected chi connectivity index (χ4v) is 5.40. The second-order valence-electron chi connectivity index (χ2n) is 7.13. The smallest absolute Gasteiger partial charge is 0.214 e. The van der Waals surface area contributed by atoms with Crippen molar-refractivity contribution in [1.29, 1.82) is 0 Å². The molecule has 2 aliphatic rings. The van der Waals surface area contributed by atoms with Crippen LogP contribution in [-0.2, 0) is 10.0 Å². The minimum Gasteiger partial charge on any atom is -0.355 e. The zero-order valence-corrected chi connectivity index (χ0v) is 18.4. The average molecular weight is 472 g/mol. The largest absolute Gasteiger partial charge is 0.355 e. The van der Waals surface area contributed by atoms with Gasteiger partial charge in [0, 0.05) is 39.8 Å². The van der Waals surface area contributed by atoms with Gasteiger partial charge in [-0.1, -0.05) is 20.3 Å². The minimum atomic E-state index is -3.00. The molecule has 6 nitrogen and oxygen atoms in total. The molecule has 1 atom stereocenters. The molecule has 0 aliphatic carbocycles. The van der Waals surface area contributed by atoms with Crippen LogP contribution in [0.25, 0.3) is 0 Å². The predicted octanol–water partition coefficient (Wildman–Crippen LogP) is 2.12. The van der Waals surface area contributed by atoms with Crippen molar-refractivity contribution in [3.05, 3.63) is 0 Å². The van der Waals surface area contributed by atoms with Crippen molar-refractivity contribution in [3.63, 3.8) is 0 Å². The Hall–Kier alpha value is -0.0900. The van der Waals surface area contributed by atoms with E-state index < -0.39 is 10.0 Å². The highest BCUT2D eigenvalue weighted by atomic mass is 127. The number of nitrogens with one attached hydrogen (secondary N) is 1. The van der Waals surface area contributed by atoms with E-state index in [0.29, 0.717) is 30.8 Å². The van der Waals surface area contributed by atoms with Gasteiger partial charge in [0.1, 0.15) is 0 Å². The molecule has 8 heteroatoms. The van der Waals surface area contributed by atoms with Gasteiger partial charge in [-0.3, -0.25) is 4.99 Å². The van der Waals surface area contributed by atoms with E-state index in [9.17, 15) is 8.42 Å². The molecule has 142 valence electrons. The van der Waals surface area contributed by atoms with Crippen LogP contribution in [0.1, 0.15) is 46.0 Å². The maximum Gasteiger partial charge on any atom is 0.214 e. The molecule has 0 amide bonds. The maximum atomic E-state index is 11.8. The SMILES string of the molecule is CCCC1(C)CCCN(C(=NC)NCCN2CCCS2(=O)=O)C1.I. The van der Waals surface area contributed by atoms with Crippen molar-refractivity contribution in [1.82, 2.24) is 14.5 Å². The molecule has 24 heavy (non-hydrogen) atoms. The number of nitrogens with zero attached hydrogens (tertiary/aromatic N) is 3. The molecule has 0 aromatic heterocycles. The number of hydrogen-bond donors (Lipinski definition) is 1. The summed E-state index contributed by atoms with van der Waals surface area (Å²) < 4.78 is 25.2. The first kappa shape index (κ1) is 22.0. The van der Waals surface area contributed by atoms with E-state index >= 15 is 0 Å². The summed E-state index contributed by atoms with van der Waals surface area (Å²) in [5.74, 6) is 1.20. The number of piperidine rings is 1. The highest BCUT2D eigenvalue weighted by molar-refractivity contribution is 14.0. The van der Waals surface area contributed by atoms with Crippen LogP contribution in [0.3, 0.4) is 0 Å². The third-order valence-electron chi connectivity index (χ3n) is 4.99. The summed E-state index contributed by atoms with van der Waals surface area (Å²) >= 11 is 0. The number of likely N-dealkylation sites (tertiary alicyclic amines) is 1. The molecule has 1 N–H and O–H groups in total. The van der Waals surface area contributed by atoms with E-state index in [1.54, 1.807) is 11.4 Å². The minimum absolute atomic E-state index is 0. The van der Waals surface area contributed by atoms with E-state index in [2.05, 4.69) is 29.1 Å². The van der Waals surface area contributed by atoms with Gasteiger partial charge in [-0.2, -0.15) is 0 Å². The second-order valence-corrected chi connectivity index (χ2v) is 9.22. The van der Waals surface area contributed by atoms with E-state index in [1.807, 2.05) is 0 Å². The predicted molar refractivity (Wildman–Crippen MR) is 111 cm³/mol. The molecule has 0 aromatic rings. The van der Waals surface area contributed by atoms with Crippen LogP contribution < -0.4 is 5.32 Å². The first-order valence-corrected chi connectivity index (χ1v) is 10.4. The first-order valence-electron chi connectivity index (χ1n) is 8.84. The van der Waals surface area contributed by atoms with Gasteiger partial charge in [-0.15, -0.1) is 24.0 Å². The molecular formula is C16H33IN4O2S. The van der Waals surface area contributed by atoms with Crippen molar-refractivity contribution >= 4 is 40.0 Å². The Morgan fingerprint density at radius 1 is 1.29 bits per heavy atom. The molecule has 2 fully saturated rings. The Morgan fingerprint density at radius 3 is 2.62 bits per heavy atom. The number of hydrogen-bond acceptors (Lipinski definition) is 3.